The summed E-state index contributed by atoms with van der Waals surface area (Å²) in [5.41, 5.74) is 0. The van der Waals surface area contributed by atoms with Crippen molar-refractivity contribution in [2.24, 2.45) is 27.9 Å². The van der Waals surface area contributed by atoms with E-state index in [2.05, 4.69) is 27.9 Å². The molecule has 0 saturated heterocycles. The number of carbonyl (C=O) groups excluding carboxylic acids is 6. The maximum Gasteiger partial charge on any atom is 0.473 e. The average molecular weight is 336 g/mol. The maximum atomic E-state index is 10.5. The van der Waals surface area contributed by atoms with Gasteiger partial charge in [0.25, 0.3) is 0 Å². The fourth-order valence-corrected chi connectivity index (χ4v) is 6.90. The summed E-state index contributed by atoms with van der Waals surface area (Å²) >= 11 is 0. The molecule has 0 fully saturated rings. The Labute approximate surface area is 123 Å². The molecule has 0 aromatic heterocycles. The zero-order valence-corrected chi connectivity index (χ0v) is 12.7. The molecule has 0 radical (unpaired) electrons. The van der Waals surface area contributed by atoms with Crippen LogP contribution in [0.5, 0.6) is 0 Å². The van der Waals surface area contributed by atoms with Crippen LogP contribution in [-0.2, 0) is 28.8 Å². The van der Waals surface area contributed by atoms with Gasteiger partial charge in [0.1, 0.15) is 0 Å². The lowest BCUT2D eigenvalue weighted by atomic mass is 10.9. The first-order valence-corrected chi connectivity index (χ1v) is 8.90. The number of isocyanates is 6. The van der Waals surface area contributed by atoms with Crippen LogP contribution in [0.2, 0.25) is 5.16 Å². The monoisotopic (exact) mass is 336 g/mol. The molecule has 0 aliphatic heterocycles. The molecule has 0 unspecified atom stereocenters. The van der Waals surface area contributed by atoms with Gasteiger partial charge in [0.05, 0.1) is 5.16 Å². The number of rotatable bonds is 8. The van der Waals surface area contributed by atoms with Crippen molar-refractivity contribution in [1.82, 2.24) is 0 Å². The standard InChI is InChI=1S/C8H4N6O6Si2/c1-8(21(9-2-15,10-3-16)11-4-17)22(12-5-18,13-6-19)14-7-20/h8H,1H3. The van der Waals surface area contributed by atoms with Crippen LogP contribution in [0.4, 0.5) is 0 Å². The molecule has 14 heteroatoms. The van der Waals surface area contributed by atoms with E-state index in [0.717, 1.165) is 43.4 Å². The third-order valence-electron chi connectivity index (χ3n) is 2.42. The summed E-state index contributed by atoms with van der Waals surface area (Å²) in [4.78, 5) is 63.2. The second-order valence-corrected chi connectivity index (χ2v) is 9.72. The van der Waals surface area contributed by atoms with Crippen LogP contribution in [0.25, 0.3) is 0 Å². The van der Waals surface area contributed by atoms with Crippen LogP contribution in [0.1, 0.15) is 6.92 Å². The van der Waals surface area contributed by atoms with E-state index < -0.39 is 22.3 Å². The van der Waals surface area contributed by atoms with Gasteiger partial charge in [-0.2, -0.15) is 27.9 Å². The summed E-state index contributed by atoms with van der Waals surface area (Å²) < 4.78 is 19.1. The van der Waals surface area contributed by atoms with E-state index in [0.29, 0.717) is 0 Å². The predicted molar refractivity (Wildman–Crippen MR) is 69.7 cm³/mol. The fraction of sp³-hybridized carbons (Fsp3) is 0.250. The van der Waals surface area contributed by atoms with Gasteiger partial charge in [-0.1, -0.05) is 6.92 Å². The zero-order chi connectivity index (χ0) is 17.1. The van der Waals surface area contributed by atoms with Crippen LogP contribution in [0.15, 0.2) is 27.9 Å². The normalized spacial score (nSPS) is 15.1. The first-order chi connectivity index (χ1) is 10.5. The SMILES string of the molecule is CC([Si](N=C=O)(N=C=O)N=C=O)[Si](N=C=O)(N=C=O)N=C=O. The van der Waals surface area contributed by atoms with E-state index in [1.54, 1.807) is 0 Å². The molecule has 12 nitrogen and oxygen atoms in total. The van der Waals surface area contributed by atoms with E-state index >= 15 is 0 Å². The molecule has 0 saturated carbocycles. The van der Waals surface area contributed by atoms with Gasteiger partial charge in [-0.3, -0.25) is 0 Å². The Morgan fingerprint density at radius 1 is 0.545 bits per heavy atom. The minimum atomic E-state index is -4.30. The molecule has 0 aliphatic rings. The Morgan fingerprint density at radius 3 is 0.864 bits per heavy atom. The molecule has 0 atom stereocenters. The molecule has 0 aromatic rings. The van der Waals surface area contributed by atoms with Crippen LogP contribution in [0, 0.1) is 0 Å². The third-order valence-corrected chi connectivity index (χ3v) is 9.59. The maximum absolute atomic E-state index is 10.5. The van der Waals surface area contributed by atoms with E-state index in [1.165, 1.54) is 0 Å². The molecule has 0 aliphatic carbocycles. The zero-order valence-electron chi connectivity index (χ0n) is 10.7. The predicted octanol–water partition coefficient (Wildman–Crippen LogP) is -1.19. The van der Waals surface area contributed by atoms with E-state index in [4.69, 9.17) is 0 Å². The Hall–Kier alpha value is -3.29. The highest BCUT2D eigenvalue weighted by atomic mass is 28.4. The second-order valence-electron chi connectivity index (χ2n) is 3.31. The lowest BCUT2D eigenvalue weighted by Crippen LogP contribution is -2.48. The molecule has 0 amide bonds. The van der Waals surface area contributed by atoms with Crippen LogP contribution in [-0.4, -0.2) is 53.6 Å². The molecule has 110 valence electrons. The van der Waals surface area contributed by atoms with Crippen molar-refractivity contribution >= 4 is 53.6 Å². The van der Waals surface area contributed by atoms with Gasteiger partial charge < -0.3 is 0 Å². The molecule has 22 heavy (non-hydrogen) atoms. The summed E-state index contributed by atoms with van der Waals surface area (Å²) in [7, 11) is -8.60. The highest BCUT2D eigenvalue weighted by molar-refractivity contribution is 6.96. The lowest BCUT2D eigenvalue weighted by Gasteiger charge is -2.24. The summed E-state index contributed by atoms with van der Waals surface area (Å²) in [6, 6.07) is 0. The Bertz CT molecular complexity index is 577. The first kappa shape index (κ1) is 18.7. The van der Waals surface area contributed by atoms with Crippen molar-refractivity contribution in [3.05, 3.63) is 0 Å². The first-order valence-electron chi connectivity index (χ1n) is 5.06. The summed E-state index contributed by atoms with van der Waals surface area (Å²) in [5.74, 6) is 0. The van der Waals surface area contributed by atoms with Crippen molar-refractivity contribution in [2.75, 3.05) is 0 Å². The molecular weight excluding hydrogens is 332 g/mol. The van der Waals surface area contributed by atoms with Crippen molar-refractivity contribution in [3.63, 3.8) is 0 Å². The van der Waals surface area contributed by atoms with Crippen LogP contribution in [0.3, 0.4) is 0 Å². The van der Waals surface area contributed by atoms with Gasteiger partial charge in [0, 0.05) is 0 Å². The van der Waals surface area contributed by atoms with Crippen molar-refractivity contribution in [2.45, 2.75) is 12.1 Å². The van der Waals surface area contributed by atoms with E-state index in [9.17, 15) is 28.8 Å². The summed E-state index contributed by atoms with van der Waals surface area (Å²) in [6.07, 6.45) is 6.30. The smallest absolute Gasteiger partial charge is 0.212 e. The average Bonchev–Trinajstić information content (AvgIpc) is 2.48. The highest BCUT2D eigenvalue weighted by Gasteiger charge is 2.59. The summed E-state index contributed by atoms with van der Waals surface area (Å²) in [5, 5.41) is -1.42. The van der Waals surface area contributed by atoms with Crippen molar-refractivity contribution < 1.29 is 28.8 Å². The minimum absolute atomic E-state index is 1.05. The quantitative estimate of drug-likeness (QED) is 0.305. The van der Waals surface area contributed by atoms with Crippen LogP contribution >= 0.6 is 0 Å². The van der Waals surface area contributed by atoms with Gasteiger partial charge >= 0.3 is 17.1 Å². The van der Waals surface area contributed by atoms with Gasteiger partial charge in [-0.15, -0.1) is 0 Å². The largest absolute Gasteiger partial charge is 0.473 e. The fourth-order valence-electron chi connectivity index (χ4n) is 1.39. The molecule has 0 rings (SSSR count). The van der Waals surface area contributed by atoms with Gasteiger partial charge in [0.2, 0.25) is 36.5 Å². The van der Waals surface area contributed by atoms with E-state index in [-0.39, 0.29) is 0 Å². The molecule has 0 bridgehead atoms. The molecule has 0 heterocycles. The van der Waals surface area contributed by atoms with Crippen LogP contribution < -0.4 is 0 Å². The second kappa shape index (κ2) is 8.80. The topological polar surface area (TPSA) is 177 Å². The number of hydrogen-bond donors (Lipinski definition) is 0. The Morgan fingerprint density at radius 2 is 0.727 bits per heavy atom. The Kier molecular flexibility index (Phi) is 7.49. The molecular formula is C8H4N6O6Si2. The van der Waals surface area contributed by atoms with Gasteiger partial charge in [0.15, 0.2) is 0 Å². The van der Waals surface area contributed by atoms with Gasteiger partial charge in [-0.05, 0) is 0 Å². The Balaban J connectivity index is 6.79. The van der Waals surface area contributed by atoms with E-state index in [1.807, 2.05) is 0 Å². The minimum Gasteiger partial charge on any atom is -0.212 e. The number of hydrogen-bond acceptors (Lipinski definition) is 12. The van der Waals surface area contributed by atoms with Crippen molar-refractivity contribution in [1.29, 1.82) is 0 Å². The lowest BCUT2D eigenvalue weighted by molar-refractivity contribution is 0.563. The summed E-state index contributed by atoms with van der Waals surface area (Å²) in [6.45, 7) is 1.13. The molecule has 0 spiro atoms. The molecule has 0 aromatic carbocycles. The van der Waals surface area contributed by atoms with Gasteiger partial charge in [-0.25, -0.2) is 28.8 Å². The third kappa shape index (κ3) is 3.86. The molecule has 0 N–H and O–H groups in total. The number of nitrogens with zero attached hydrogens (tertiary/aromatic N) is 6. The van der Waals surface area contributed by atoms with Crippen molar-refractivity contribution in [3.8, 4) is 0 Å². The highest BCUT2D eigenvalue weighted by Crippen LogP contribution is 2.35.